The van der Waals surface area contributed by atoms with Crippen LogP contribution in [0.15, 0.2) is 95.6 Å². The van der Waals surface area contributed by atoms with Crippen molar-refractivity contribution in [3.05, 3.63) is 108 Å². The molecule has 29 heavy (non-hydrogen) atoms. The van der Waals surface area contributed by atoms with E-state index in [1.807, 2.05) is 60.8 Å². The van der Waals surface area contributed by atoms with E-state index in [4.69, 9.17) is 4.42 Å². The van der Waals surface area contributed by atoms with Gasteiger partial charge in [0.15, 0.2) is 18.3 Å². The highest BCUT2D eigenvalue weighted by molar-refractivity contribution is 5.87. The van der Waals surface area contributed by atoms with Crippen molar-refractivity contribution in [2.24, 2.45) is 0 Å². The fourth-order valence-corrected chi connectivity index (χ4v) is 3.78. The molecule has 1 aromatic heterocycles. The van der Waals surface area contributed by atoms with Crippen LogP contribution in [0.5, 0.6) is 0 Å². The number of quaternary nitrogens is 1. The van der Waals surface area contributed by atoms with Gasteiger partial charge in [0, 0.05) is 5.56 Å². The molecule has 146 valence electrons. The lowest BCUT2D eigenvalue weighted by Crippen LogP contribution is -2.87. The van der Waals surface area contributed by atoms with Crippen LogP contribution in [0, 0.1) is 0 Å². The van der Waals surface area contributed by atoms with E-state index in [1.165, 1.54) is 10.8 Å². The fourth-order valence-electron chi connectivity index (χ4n) is 3.78. The van der Waals surface area contributed by atoms with Crippen molar-refractivity contribution in [2.75, 3.05) is 6.54 Å². The Hall–Kier alpha value is -3.37. The Morgan fingerprint density at radius 3 is 2.48 bits per heavy atom. The molecule has 0 radical (unpaired) electrons. The third-order valence-electron chi connectivity index (χ3n) is 5.21. The van der Waals surface area contributed by atoms with Crippen molar-refractivity contribution >= 4 is 16.7 Å². The molecule has 0 fully saturated rings. The first-order valence-corrected chi connectivity index (χ1v) is 9.91. The summed E-state index contributed by atoms with van der Waals surface area (Å²) in [6.07, 6.45) is 1.67. The van der Waals surface area contributed by atoms with E-state index in [1.54, 1.807) is 6.26 Å². The summed E-state index contributed by atoms with van der Waals surface area (Å²) in [5.41, 5.74) is 2.24. The maximum Gasteiger partial charge on any atom is 0.275 e. The molecule has 2 atom stereocenters. The van der Waals surface area contributed by atoms with Crippen LogP contribution in [0.2, 0.25) is 0 Å². The maximum absolute atomic E-state index is 12.7. The van der Waals surface area contributed by atoms with Crippen LogP contribution in [0.25, 0.3) is 10.8 Å². The number of nitrogens with two attached hydrogens (primary N) is 1. The Kier molecular flexibility index (Phi) is 5.73. The minimum atomic E-state index is -0.0687. The Morgan fingerprint density at radius 2 is 1.69 bits per heavy atom. The second kappa shape index (κ2) is 8.76. The third kappa shape index (κ3) is 4.39. The number of benzene rings is 3. The molecule has 3 aromatic carbocycles. The van der Waals surface area contributed by atoms with Crippen molar-refractivity contribution in [1.82, 2.24) is 5.32 Å². The lowest BCUT2D eigenvalue weighted by molar-refractivity contribution is -0.678. The molecular weight excluding hydrogens is 360 g/mol. The van der Waals surface area contributed by atoms with Crippen LogP contribution in [0.4, 0.5) is 0 Å². The first-order valence-electron chi connectivity index (χ1n) is 9.91. The Labute approximate surface area is 170 Å². The average molecular weight is 385 g/mol. The minimum Gasteiger partial charge on any atom is -0.463 e. The quantitative estimate of drug-likeness (QED) is 0.506. The van der Waals surface area contributed by atoms with Crippen LogP contribution in [0.1, 0.15) is 35.9 Å². The summed E-state index contributed by atoms with van der Waals surface area (Å²) >= 11 is 0. The zero-order valence-electron chi connectivity index (χ0n) is 16.4. The summed E-state index contributed by atoms with van der Waals surface area (Å²) < 4.78 is 5.62. The van der Waals surface area contributed by atoms with E-state index < -0.39 is 0 Å². The monoisotopic (exact) mass is 385 g/mol. The molecule has 0 aliphatic heterocycles. The summed E-state index contributed by atoms with van der Waals surface area (Å²) in [6.45, 7) is 2.34. The third-order valence-corrected chi connectivity index (χ3v) is 5.21. The van der Waals surface area contributed by atoms with E-state index in [-0.39, 0.29) is 18.0 Å². The molecule has 4 heteroatoms. The zero-order chi connectivity index (χ0) is 20.1. The van der Waals surface area contributed by atoms with Crippen molar-refractivity contribution in [1.29, 1.82) is 0 Å². The summed E-state index contributed by atoms with van der Waals surface area (Å²) in [5, 5.41) is 7.50. The number of rotatable bonds is 7. The van der Waals surface area contributed by atoms with Crippen molar-refractivity contribution < 1.29 is 14.5 Å². The predicted octanol–water partition coefficient (Wildman–Crippen LogP) is 3.96. The Morgan fingerprint density at radius 1 is 0.931 bits per heavy atom. The number of fused-ring (bicyclic) bond motifs is 1. The van der Waals surface area contributed by atoms with E-state index in [0.29, 0.717) is 6.54 Å². The second-order valence-corrected chi connectivity index (χ2v) is 7.20. The van der Waals surface area contributed by atoms with Gasteiger partial charge in [-0.3, -0.25) is 4.79 Å². The van der Waals surface area contributed by atoms with Crippen LogP contribution in [0.3, 0.4) is 0 Å². The molecule has 4 rings (SSSR count). The average Bonchev–Trinajstić information content (AvgIpc) is 3.29. The van der Waals surface area contributed by atoms with Gasteiger partial charge >= 0.3 is 0 Å². The first kappa shape index (κ1) is 19.0. The largest absolute Gasteiger partial charge is 0.463 e. The number of carbonyl (C=O) groups excluding carboxylic acids is 1. The lowest BCUT2D eigenvalue weighted by atomic mass is 9.99. The second-order valence-electron chi connectivity index (χ2n) is 7.20. The highest BCUT2D eigenvalue weighted by Crippen LogP contribution is 2.24. The molecule has 0 aliphatic carbocycles. The molecular formula is C25H25N2O2+. The van der Waals surface area contributed by atoms with Crippen molar-refractivity contribution in [2.45, 2.75) is 19.0 Å². The van der Waals surface area contributed by atoms with Gasteiger partial charge in [0.25, 0.3) is 5.91 Å². The standard InChI is InChI=1S/C25H24N2O2/c1-18(21-14-7-12-19-9-5-6-13-22(19)21)27-24(28)17-26-25(23-15-8-16-29-23)20-10-3-2-4-11-20/h2-16,18,25-26H,17H2,1H3,(H,27,28)/p+1/t18-,25+/m0/s1. The van der Waals surface area contributed by atoms with Crippen molar-refractivity contribution in [3.63, 3.8) is 0 Å². The first-order chi connectivity index (χ1) is 14.2. The maximum atomic E-state index is 12.7. The molecule has 0 saturated carbocycles. The van der Waals surface area contributed by atoms with E-state index in [2.05, 4.69) is 41.7 Å². The van der Waals surface area contributed by atoms with Crippen LogP contribution in [-0.4, -0.2) is 12.5 Å². The molecule has 0 spiro atoms. The molecule has 4 nitrogen and oxygen atoms in total. The van der Waals surface area contributed by atoms with E-state index >= 15 is 0 Å². The van der Waals surface area contributed by atoms with Gasteiger partial charge in [0.05, 0.1) is 12.3 Å². The normalized spacial score (nSPS) is 13.1. The van der Waals surface area contributed by atoms with Gasteiger partial charge < -0.3 is 15.1 Å². The molecule has 0 saturated heterocycles. The highest BCUT2D eigenvalue weighted by atomic mass is 16.3. The van der Waals surface area contributed by atoms with Crippen molar-refractivity contribution in [3.8, 4) is 0 Å². The number of hydrogen-bond acceptors (Lipinski definition) is 2. The molecule has 3 N–H and O–H groups in total. The number of carbonyl (C=O) groups is 1. The summed E-state index contributed by atoms with van der Waals surface area (Å²) in [6, 6.07) is 28.3. The van der Waals surface area contributed by atoms with Gasteiger partial charge in [-0.2, -0.15) is 0 Å². The van der Waals surface area contributed by atoms with Gasteiger partial charge in [-0.25, -0.2) is 0 Å². The SMILES string of the molecule is C[C@H](NC(=O)C[NH2+][C@H](c1ccccc1)c1ccco1)c1cccc2ccccc12. The minimum absolute atomic E-state index is 0.00192. The van der Waals surface area contributed by atoms with Gasteiger partial charge in [0.1, 0.15) is 0 Å². The summed E-state index contributed by atoms with van der Waals surface area (Å²) in [7, 11) is 0. The molecule has 1 heterocycles. The van der Waals surface area contributed by atoms with Crippen LogP contribution >= 0.6 is 0 Å². The Balaban J connectivity index is 1.45. The van der Waals surface area contributed by atoms with Gasteiger partial charge in [0.2, 0.25) is 0 Å². The molecule has 0 bridgehead atoms. The molecule has 0 aliphatic rings. The van der Waals surface area contributed by atoms with Gasteiger partial charge in [-0.1, -0.05) is 72.8 Å². The number of hydrogen-bond donors (Lipinski definition) is 2. The lowest BCUT2D eigenvalue weighted by Gasteiger charge is -2.18. The van der Waals surface area contributed by atoms with Crippen LogP contribution < -0.4 is 10.6 Å². The number of nitrogens with one attached hydrogen (secondary N) is 1. The number of furan rings is 1. The van der Waals surface area contributed by atoms with E-state index in [9.17, 15) is 4.79 Å². The highest BCUT2D eigenvalue weighted by Gasteiger charge is 2.22. The predicted molar refractivity (Wildman–Crippen MR) is 114 cm³/mol. The van der Waals surface area contributed by atoms with E-state index in [0.717, 1.165) is 16.9 Å². The number of amides is 1. The van der Waals surface area contributed by atoms with Crippen LogP contribution in [-0.2, 0) is 4.79 Å². The van der Waals surface area contributed by atoms with Gasteiger partial charge in [-0.15, -0.1) is 0 Å². The summed E-state index contributed by atoms with van der Waals surface area (Å²) in [5.74, 6) is 0.837. The smallest absolute Gasteiger partial charge is 0.275 e. The molecule has 1 amide bonds. The Bertz CT molecular complexity index is 1070. The summed E-state index contributed by atoms with van der Waals surface area (Å²) in [4.78, 5) is 12.7. The molecule has 0 unspecified atom stereocenters. The zero-order valence-corrected chi connectivity index (χ0v) is 16.4. The fraction of sp³-hybridized carbons (Fsp3) is 0.160. The van der Waals surface area contributed by atoms with Gasteiger partial charge in [-0.05, 0) is 35.4 Å². The topological polar surface area (TPSA) is 58.9 Å². The molecule has 4 aromatic rings.